The summed E-state index contributed by atoms with van der Waals surface area (Å²) in [5.41, 5.74) is 6.95. The number of aliphatic hydroxyl groups excluding tert-OH is 1. The number of ether oxygens (including phenoxy) is 1. The molecule has 0 radical (unpaired) electrons. The second-order valence-electron chi connectivity index (χ2n) is 7.37. The normalized spacial score (nSPS) is 12.1. The summed E-state index contributed by atoms with van der Waals surface area (Å²) in [5.74, 6) is -1.53. The molecular weight excluding hydrogens is 433 g/mol. The molecule has 0 saturated carbocycles. The smallest absolute Gasteiger partial charge is 0.308 e. The first-order chi connectivity index (χ1) is 15.8. The number of amides is 1. The van der Waals surface area contributed by atoms with Gasteiger partial charge in [-0.3, -0.25) is 14.4 Å². The Hall–Kier alpha value is -4.25. The second-order valence-corrected chi connectivity index (χ2v) is 7.37. The molecule has 11 heteroatoms. The van der Waals surface area contributed by atoms with E-state index in [1.807, 2.05) is 0 Å². The van der Waals surface area contributed by atoms with Crippen molar-refractivity contribution < 1.29 is 23.8 Å². The lowest BCUT2D eigenvalue weighted by atomic mass is 10.1. The fraction of sp³-hybridized carbons (Fsp3) is 0.182. The lowest BCUT2D eigenvalue weighted by Gasteiger charge is -2.10. The highest BCUT2D eigenvalue weighted by molar-refractivity contribution is 6.00. The standard InChI is InChI=1S/C22H20FN5O5/c1-33-16(30)8-11(29)9-25-21(31)10-5-6-13-15(7-10)27-20(26-13)18-19(24)17-12(23)3-2-4-14(17)28-22(18)32/h2-7,11,29H,8-9H2,1H3,(H,25,31)(H,26,27)(H3,24,28,32). The number of hydrogen-bond acceptors (Lipinski definition) is 7. The number of pyridine rings is 1. The van der Waals surface area contributed by atoms with Gasteiger partial charge in [-0.25, -0.2) is 9.37 Å². The highest BCUT2D eigenvalue weighted by atomic mass is 19.1. The van der Waals surface area contributed by atoms with Crippen molar-refractivity contribution in [1.29, 1.82) is 0 Å². The molecule has 4 aromatic rings. The van der Waals surface area contributed by atoms with E-state index in [0.29, 0.717) is 11.0 Å². The first-order valence-electron chi connectivity index (χ1n) is 9.91. The van der Waals surface area contributed by atoms with Gasteiger partial charge in [0.15, 0.2) is 0 Å². The van der Waals surface area contributed by atoms with Gasteiger partial charge in [0.25, 0.3) is 11.5 Å². The van der Waals surface area contributed by atoms with Gasteiger partial charge in [-0.05, 0) is 30.3 Å². The summed E-state index contributed by atoms with van der Waals surface area (Å²) in [7, 11) is 1.21. The minimum absolute atomic E-state index is 0.0132. The van der Waals surface area contributed by atoms with Crippen molar-refractivity contribution in [2.45, 2.75) is 12.5 Å². The zero-order chi connectivity index (χ0) is 23.7. The molecular formula is C22H20FN5O5. The van der Waals surface area contributed by atoms with Crippen molar-refractivity contribution in [3.05, 3.63) is 58.1 Å². The Balaban J connectivity index is 1.63. The number of esters is 1. The van der Waals surface area contributed by atoms with Crippen LogP contribution in [0.25, 0.3) is 33.3 Å². The number of aliphatic hydroxyl groups is 1. The van der Waals surface area contributed by atoms with Crippen molar-refractivity contribution in [3.8, 4) is 11.4 Å². The van der Waals surface area contributed by atoms with Crippen LogP contribution in [0.1, 0.15) is 16.8 Å². The van der Waals surface area contributed by atoms with Crippen LogP contribution in [-0.4, -0.2) is 51.7 Å². The van der Waals surface area contributed by atoms with E-state index >= 15 is 0 Å². The summed E-state index contributed by atoms with van der Waals surface area (Å²) in [5, 5.41) is 12.4. The number of carbonyl (C=O) groups excluding carboxylic acids is 2. The number of H-pyrrole nitrogens is 2. The number of halogens is 1. The van der Waals surface area contributed by atoms with E-state index in [4.69, 9.17) is 5.73 Å². The van der Waals surface area contributed by atoms with Gasteiger partial charge in [0.05, 0.1) is 47.3 Å². The molecule has 0 fully saturated rings. The zero-order valence-corrected chi connectivity index (χ0v) is 17.4. The maximum Gasteiger partial charge on any atom is 0.308 e. The van der Waals surface area contributed by atoms with Crippen LogP contribution < -0.4 is 16.6 Å². The SMILES string of the molecule is COC(=O)CC(O)CNC(=O)c1ccc2nc(-c3c(N)c4c(F)cccc4[nH]c3=O)[nH]c2c1. The number of fused-ring (bicyclic) bond motifs is 2. The van der Waals surface area contributed by atoms with Crippen LogP contribution in [0.4, 0.5) is 10.1 Å². The summed E-state index contributed by atoms with van der Waals surface area (Å²) in [6.07, 6.45) is -1.34. The number of nitrogens with zero attached hydrogens (tertiary/aromatic N) is 1. The average Bonchev–Trinajstić information content (AvgIpc) is 3.19. The minimum atomic E-state index is -1.09. The molecule has 0 aliphatic carbocycles. The van der Waals surface area contributed by atoms with Crippen LogP contribution in [0, 0.1) is 5.82 Å². The van der Waals surface area contributed by atoms with Crippen molar-refractivity contribution in [2.24, 2.45) is 0 Å². The lowest BCUT2D eigenvalue weighted by molar-refractivity contribution is -0.142. The Morgan fingerprint density at radius 3 is 2.79 bits per heavy atom. The number of hydrogen-bond donors (Lipinski definition) is 5. The predicted octanol–water partition coefficient (Wildman–Crippen LogP) is 1.45. The molecule has 0 saturated heterocycles. The largest absolute Gasteiger partial charge is 0.469 e. The van der Waals surface area contributed by atoms with Gasteiger partial charge in [0.1, 0.15) is 17.2 Å². The maximum atomic E-state index is 14.3. The molecule has 0 bridgehead atoms. The number of nitrogens with one attached hydrogen (secondary N) is 3. The molecule has 0 aliphatic rings. The topological polar surface area (TPSA) is 163 Å². The lowest BCUT2D eigenvalue weighted by Crippen LogP contribution is -2.33. The third-order valence-corrected chi connectivity index (χ3v) is 5.14. The van der Waals surface area contributed by atoms with E-state index in [-0.39, 0.29) is 46.5 Å². The summed E-state index contributed by atoms with van der Waals surface area (Å²) >= 11 is 0. The van der Waals surface area contributed by atoms with E-state index in [1.165, 1.54) is 31.4 Å². The summed E-state index contributed by atoms with van der Waals surface area (Å²) in [6.45, 7) is -0.144. The van der Waals surface area contributed by atoms with Crippen molar-refractivity contribution >= 4 is 39.5 Å². The van der Waals surface area contributed by atoms with Crippen LogP contribution >= 0.6 is 0 Å². The van der Waals surface area contributed by atoms with Gasteiger partial charge >= 0.3 is 5.97 Å². The number of aromatic nitrogens is 3. The van der Waals surface area contributed by atoms with E-state index in [0.717, 1.165) is 0 Å². The molecule has 2 aromatic heterocycles. The fourth-order valence-corrected chi connectivity index (χ4v) is 3.50. The Kier molecular flexibility index (Phi) is 5.80. The highest BCUT2D eigenvalue weighted by Crippen LogP contribution is 2.29. The highest BCUT2D eigenvalue weighted by Gasteiger charge is 2.19. The van der Waals surface area contributed by atoms with E-state index in [1.54, 1.807) is 12.1 Å². The molecule has 33 heavy (non-hydrogen) atoms. The van der Waals surface area contributed by atoms with Crippen LogP contribution in [0.5, 0.6) is 0 Å². The van der Waals surface area contributed by atoms with E-state index < -0.39 is 29.4 Å². The van der Waals surface area contributed by atoms with Crippen molar-refractivity contribution in [2.75, 3.05) is 19.4 Å². The molecule has 6 N–H and O–H groups in total. The number of imidazole rings is 1. The molecule has 2 heterocycles. The van der Waals surface area contributed by atoms with Crippen molar-refractivity contribution in [3.63, 3.8) is 0 Å². The Morgan fingerprint density at radius 2 is 2.03 bits per heavy atom. The monoisotopic (exact) mass is 453 g/mol. The van der Waals surface area contributed by atoms with Crippen LogP contribution in [0.15, 0.2) is 41.2 Å². The molecule has 0 spiro atoms. The van der Waals surface area contributed by atoms with Crippen LogP contribution in [-0.2, 0) is 9.53 Å². The molecule has 1 amide bonds. The number of nitrogen functional groups attached to an aromatic ring is 1. The molecule has 0 aliphatic heterocycles. The number of benzene rings is 2. The Morgan fingerprint density at radius 1 is 1.24 bits per heavy atom. The maximum absolute atomic E-state index is 14.3. The van der Waals surface area contributed by atoms with Gasteiger partial charge in [0.2, 0.25) is 0 Å². The van der Waals surface area contributed by atoms with Gasteiger partial charge < -0.3 is 30.9 Å². The average molecular weight is 453 g/mol. The first-order valence-corrected chi connectivity index (χ1v) is 9.91. The van der Waals surface area contributed by atoms with E-state index in [9.17, 15) is 23.9 Å². The number of rotatable bonds is 6. The van der Waals surface area contributed by atoms with Gasteiger partial charge in [-0.1, -0.05) is 6.07 Å². The summed E-state index contributed by atoms with van der Waals surface area (Å²) in [6, 6.07) is 8.86. The van der Waals surface area contributed by atoms with E-state index in [2.05, 4.69) is 25.0 Å². The number of methoxy groups -OCH3 is 1. The molecule has 4 rings (SSSR count). The predicted molar refractivity (Wildman–Crippen MR) is 119 cm³/mol. The third-order valence-electron chi connectivity index (χ3n) is 5.14. The third kappa shape index (κ3) is 4.26. The minimum Gasteiger partial charge on any atom is -0.469 e. The van der Waals surface area contributed by atoms with Crippen molar-refractivity contribution in [1.82, 2.24) is 20.3 Å². The number of nitrogens with two attached hydrogens (primary N) is 1. The fourth-order valence-electron chi connectivity index (χ4n) is 3.50. The molecule has 10 nitrogen and oxygen atoms in total. The second kappa shape index (κ2) is 8.71. The first kappa shape index (κ1) is 22.0. The Labute approximate surface area is 185 Å². The Bertz CT molecular complexity index is 1440. The van der Waals surface area contributed by atoms with Crippen LogP contribution in [0.2, 0.25) is 0 Å². The summed E-state index contributed by atoms with van der Waals surface area (Å²) < 4.78 is 18.8. The van der Waals surface area contributed by atoms with Gasteiger partial charge in [-0.15, -0.1) is 0 Å². The van der Waals surface area contributed by atoms with Crippen LogP contribution in [0.3, 0.4) is 0 Å². The summed E-state index contributed by atoms with van der Waals surface area (Å²) in [4.78, 5) is 46.1. The van der Waals surface area contributed by atoms with Gasteiger partial charge in [0, 0.05) is 12.1 Å². The zero-order valence-electron chi connectivity index (χ0n) is 17.4. The number of carbonyl (C=O) groups is 2. The molecule has 1 unspecified atom stereocenters. The molecule has 1 atom stereocenters. The number of anilines is 1. The molecule has 170 valence electrons. The quantitative estimate of drug-likeness (QED) is 0.276. The van der Waals surface area contributed by atoms with Gasteiger partial charge in [-0.2, -0.15) is 0 Å². The number of aromatic amines is 2. The molecule has 2 aromatic carbocycles.